The molecule has 0 heterocycles. The van der Waals surface area contributed by atoms with Crippen LogP contribution in [0, 0.1) is 0 Å². The lowest BCUT2D eigenvalue weighted by atomic mass is 10.1. The van der Waals surface area contributed by atoms with Gasteiger partial charge in [0.2, 0.25) is 5.91 Å². The van der Waals surface area contributed by atoms with E-state index in [1.165, 1.54) is 0 Å². The summed E-state index contributed by atoms with van der Waals surface area (Å²) in [6.45, 7) is -0.0574. The molecule has 136 valence electrons. The summed E-state index contributed by atoms with van der Waals surface area (Å²) >= 11 is 5.84. The van der Waals surface area contributed by atoms with E-state index in [9.17, 15) is 14.4 Å². The van der Waals surface area contributed by atoms with E-state index in [2.05, 4.69) is 10.6 Å². The first-order valence-corrected chi connectivity index (χ1v) is 8.12. The lowest BCUT2D eigenvalue weighted by Gasteiger charge is -2.08. The van der Waals surface area contributed by atoms with Crippen LogP contribution in [0.5, 0.6) is 5.75 Å². The fourth-order valence-corrected chi connectivity index (χ4v) is 2.18. The van der Waals surface area contributed by atoms with Gasteiger partial charge in [-0.3, -0.25) is 14.4 Å². The van der Waals surface area contributed by atoms with Crippen molar-refractivity contribution in [3.05, 3.63) is 64.7 Å². The number of benzene rings is 2. The molecule has 2 aromatic rings. The van der Waals surface area contributed by atoms with Crippen LogP contribution in [-0.4, -0.2) is 30.9 Å². The maximum atomic E-state index is 11.8. The van der Waals surface area contributed by atoms with Gasteiger partial charge in [0.05, 0.1) is 6.54 Å². The number of rotatable bonds is 8. The SMILES string of the molecule is NC(=O)CNC(=O)c1ccc(CNC(=O)COc2cccc(Cl)c2)cc1. The summed E-state index contributed by atoms with van der Waals surface area (Å²) in [5.74, 6) is -0.779. The van der Waals surface area contributed by atoms with Crippen molar-refractivity contribution in [2.24, 2.45) is 5.73 Å². The maximum Gasteiger partial charge on any atom is 0.258 e. The quantitative estimate of drug-likeness (QED) is 0.644. The maximum absolute atomic E-state index is 11.8. The van der Waals surface area contributed by atoms with Gasteiger partial charge in [0, 0.05) is 17.1 Å². The first kappa shape index (κ1) is 19.3. The number of ether oxygens (including phenoxy) is 1. The number of nitrogens with one attached hydrogen (secondary N) is 2. The van der Waals surface area contributed by atoms with Gasteiger partial charge < -0.3 is 21.1 Å². The van der Waals surface area contributed by atoms with Gasteiger partial charge >= 0.3 is 0 Å². The lowest BCUT2D eigenvalue weighted by Crippen LogP contribution is -2.33. The molecule has 26 heavy (non-hydrogen) atoms. The minimum absolute atomic E-state index is 0.131. The molecule has 0 spiro atoms. The standard InChI is InChI=1S/C18H18ClN3O4/c19-14-2-1-3-15(8-14)26-11-17(24)21-9-12-4-6-13(7-5-12)18(25)22-10-16(20)23/h1-8H,9-11H2,(H2,20,23)(H,21,24)(H,22,25). The topological polar surface area (TPSA) is 111 Å². The van der Waals surface area contributed by atoms with E-state index >= 15 is 0 Å². The molecule has 7 nitrogen and oxygen atoms in total. The molecule has 3 amide bonds. The zero-order valence-corrected chi connectivity index (χ0v) is 14.6. The van der Waals surface area contributed by atoms with Gasteiger partial charge in [0.1, 0.15) is 5.75 Å². The third kappa shape index (κ3) is 6.45. The van der Waals surface area contributed by atoms with E-state index in [-0.39, 0.29) is 19.1 Å². The predicted octanol–water partition coefficient (Wildman–Crippen LogP) is 1.25. The molecule has 0 bridgehead atoms. The molecule has 0 saturated heterocycles. The number of carbonyl (C=O) groups excluding carboxylic acids is 3. The van der Waals surface area contributed by atoms with Gasteiger partial charge in [-0.1, -0.05) is 29.8 Å². The summed E-state index contributed by atoms with van der Waals surface area (Å²) in [5.41, 5.74) is 6.18. The average Bonchev–Trinajstić information content (AvgIpc) is 2.63. The minimum Gasteiger partial charge on any atom is -0.484 e. The molecule has 0 aliphatic rings. The molecular weight excluding hydrogens is 358 g/mol. The van der Waals surface area contributed by atoms with Gasteiger partial charge in [-0.2, -0.15) is 0 Å². The van der Waals surface area contributed by atoms with Crippen LogP contribution in [0.1, 0.15) is 15.9 Å². The molecule has 0 aliphatic carbocycles. The predicted molar refractivity (Wildman–Crippen MR) is 96.8 cm³/mol. The Bertz CT molecular complexity index is 793. The minimum atomic E-state index is -0.613. The Hall–Kier alpha value is -3.06. The Balaban J connectivity index is 1.77. The third-order valence-corrected chi connectivity index (χ3v) is 3.53. The fraction of sp³-hybridized carbons (Fsp3) is 0.167. The number of nitrogens with two attached hydrogens (primary N) is 1. The third-order valence-electron chi connectivity index (χ3n) is 3.29. The highest BCUT2D eigenvalue weighted by molar-refractivity contribution is 6.30. The Kier molecular flexibility index (Phi) is 6.99. The molecule has 0 unspecified atom stereocenters. The second kappa shape index (κ2) is 9.43. The number of carbonyl (C=O) groups is 3. The zero-order chi connectivity index (χ0) is 18.9. The highest BCUT2D eigenvalue weighted by atomic mass is 35.5. The Morgan fingerprint density at radius 2 is 1.77 bits per heavy atom. The fourth-order valence-electron chi connectivity index (χ4n) is 2.00. The molecule has 2 rings (SSSR count). The Morgan fingerprint density at radius 3 is 2.42 bits per heavy atom. The van der Waals surface area contributed by atoms with E-state index in [1.54, 1.807) is 48.5 Å². The summed E-state index contributed by atoms with van der Waals surface area (Å²) in [7, 11) is 0. The molecule has 8 heteroatoms. The van der Waals surface area contributed by atoms with Crippen molar-refractivity contribution in [1.82, 2.24) is 10.6 Å². The smallest absolute Gasteiger partial charge is 0.258 e. The van der Waals surface area contributed by atoms with Crippen molar-refractivity contribution < 1.29 is 19.1 Å². The summed E-state index contributed by atoms with van der Waals surface area (Å²) < 4.78 is 5.35. The summed E-state index contributed by atoms with van der Waals surface area (Å²) in [6, 6.07) is 13.4. The number of amides is 3. The van der Waals surface area contributed by atoms with Crippen LogP contribution in [0.3, 0.4) is 0 Å². The van der Waals surface area contributed by atoms with E-state index in [4.69, 9.17) is 22.1 Å². The van der Waals surface area contributed by atoms with Crippen molar-refractivity contribution >= 4 is 29.3 Å². The summed E-state index contributed by atoms with van der Waals surface area (Å²) in [5, 5.41) is 5.64. The number of primary amides is 1. The monoisotopic (exact) mass is 375 g/mol. The van der Waals surface area contributed by atoms with Crippen molar-refractivity contribution in [2.75, 3.05) is 13.2 Å². The first-order chi connectivity index (χ1) is 12.4. The van der Waals surface area contributed by atoms with Crippen LogP contribution in [0.4, 0.5) is 0 Å². The second-order valence-electron chi connectivity index (χ2n) is 5.37. The molecule has 0 saturated carbocycles. The van der Waals surface area contributed by atoms with Gasteiger partial charge in [0.25, 0.3) is 11.8 Å². The van der Waals surface area contributed by atoms with E-state index in [1.807, 2.05) is 0 Å². The normalized spacial score (nSPS) is 10.0. The molecule has 0 radical (unpaired) electrons. The van der Waals surface area contributed by atoms with Gasteiger partial charge in [-0.05, 0) is 35.9 Å². The molecule has 4 N–H and O–H groups in total. The van der Waals surface area contributed by atoms with Crippen LogP contribution >= 0.6 is 11.6 Å². The van der Waals surface area contributed by atoms with Crippen LogP contribution in [0.2, 0.25) is 5.02 Å². The zero-order valence-electron chi connectivity index (χ0n) is 13.8. The average molecular weight is 376 g/mol. The van der Waals surface area contributed by atoms with Gasteiger partial charge in [-0.25, -0.2) is 0 Å². The van der Waals surface area contributed by atoms with Crippen molar-refractivity contribution in [2.45, 2.75) is 6.54 Å². The molecule has 0 atom stereocenters. The van der Waals surface area contributed by atoms with Crippen molar-refractivity contribution in [1.29, 1.82) is 0 Å². The molecular formula is C18H18ClN3O4. The molecule has 0 aromatic heterocycles. The van der Waals surface area contributed by atoms with Crippen LogP contribution in [0.15, 0.2) is 48.5 Å². The molecule has 0 fully saturated rings. The second-order valence-corrected chi connectivity index (χ2v) is 5.81. The Morgan fingerprint density at radius 1 is 1.04 bits per heavy atom. The Labute approximate surface area is 155 Å². The number of hydrogen-bond acceptors (Lipinski definition) is 4. The van der Waals surface area contributed by atoms with Crippen LogP contribution in [-0.2, 0) is 16.1 Å². The van der Waals surface area contributed by atoms with Crippen LogP contribution < -0.4 is 21.1 Å². The summed E-state index contributed by atoms with van der Waals surface area (Å²) in [6.07, 6.45) is 0. The highest BCUT2D eigenvalue weighted by Gasteiger charge is 2.07. The van der Waals surface area contributed by atoms with E-state index < -0.39 is 11.8 Å². The lowest BCUT2D eigenvalue weighted by molar-refractivity contribution is -0.123. The molecule has 2 aromatic carbocycles. The first-order valence-electron chi connectivity index (χ1n) is 7.74. The molecule has 0 aliphatic heterocycles. The van der Waals surface area contributed by atoms with Crippen molar-refractivity contribution in [3.8, 4) is 5.75 Å². The van der Waals surface area contributed by atoms with E-state index in [0.29, 0.717) is 22.9 Å². The van der Waals surface area contributed by atoms with Gasteiger partial charge in [0.15, 0.2) is 6.61 Å². The summed E-state index contributed by atoms with van der Waals surface area (Å²) in [4.78, 5) is 34.2. The number of hydrogen-bond donors (Lipinski definition) is 3. The highest BCUT2D eigenvalue weighted by Crippen LogP contribution is 2.16. The van der Waals surface area contributed by atoms with Crippen molar-refractivity contribution in [3.63, 3.8) is 0 Å². The van der Waals surface area contributed by atoms with Gasteiger partial charge in [-0.15, -0.1) is 0 Å². The van der Waals surface area contributed by atoms with E-state index in [0.717, 1.165) is 5.56 Å². The largest absolute Gasteiger partial charge is 0.484 e. The number of halogens is 1. The van der Waals surface area contributed by atoms with Crippen LogP contribution in [0.25, 0.3) is 0 Å².